The average molecular weight is 242 g/mol. The Bertz CT molecular complexity index is 508. The monoisotopic (exact) mass is 242 g/mol. The Hall–Kier alpha value is -1.94. The number of hydrazine groups is 1. The molecule has 0 saturated heterocycles. The van der Waals surface area contributed by atoms with E-state index in [-0.39, 0.29) is 0 Å². The quantitative estimate of drug-likeness (QED) is 0.809. The minimum atomic E-state index is 0.347. The van der Waals surface area contributed by atoms with Crippen molar-refractivity contribution < 1.29 is 0 Å². The summed E-state index contributed by atoms with van der Waals surface area (Å²) in [6.07, 6.45) is 0. The first-order valence-corrected chi connectivity index (χ1v) is 6.08. The number of nitrogens with zero attached hydrogens (tertiary/aromatic N) is 2. The first-order valence-electron chi connectivity index (χ1n) is 6.08. The summed E-state index contributed by atoms with van der Waals surface area (Å²) in [4.78, 5) is 0. The Morgan fingerprint density at radius 2 is 1.78 bits per heavy atom. The first-order chi connectivity index (χ1) is 8.66. The summed E-state index contributed by atoms with van der Waals surface area (Å²) in [5, 5.41) is 8.44. The second kappa shape index (κ2) is 5.60. The van der Waals surface area contributed by atoms with Gasteiger partial charge in [0.2, 0.25) is 0 Å². The van der Waals surface area contributed by atoms with E-state index >= 15 is 0 Å². The normalized spacial score (nSPS) is 10.7. The fraction of sp³-hybridized carbons (Fsp3) is 0.286. The third-order valence-electron chi connectivity index (χ3n) is 2.53. The van der Waals surface area contributed by atoms with Crippen molar-refractivity contribution >= 4 is 5.82 Å². The van der Waals surface area contributed by atoms with Crippen LogP contribution >= 0.6 is 0 Å². The summed E-state index contributed by atoms with van der Waals surface area (Å²) < 4.78 is 0. The lowest BCUT2D eigenvalue weighted by molar-refractivity contribution is 0.654. The van der Waals surface area contributed by atoms with Gasteiger partial charge in [-0.2, -0.15) is 0 Å². The van der Waals surface area contributed by atoms with Crippen molar-refractivity contribution in [1.29, 1.82) is 0 Å². The number of hydrogen-bond acceptors (Lipinski definition) is 4. The molecule has 2 aromatic rings. The van der Waals surface area contributed by atoms with Gasteiger partial charge in [0.25, 0.3) is 0 Å². The van der Waals surface area contributed by atoms with E-state index in [1.165, 1.54) is 0 Å². The molecule has 2 N–H and O–H groups in total. The van der Waals surface area contributed by atoms with E-state index in [4.69, 9.17) is 0 Å². The van der Waals surface area contributed by atoms with E-state index in [9.17, 15) is 0 Å². The van der Waals surface area contributed by atoms with Gasteiger partial charge >= 0.3 is 0 Å². The molecule has 2 rings (SSSR count). The smallest absolute Gasteiger partial charge is 0.165 e. The van der Waals surface area contributed by atoms with Crippen molar-refractivity contribution in [3.63, 3.8) is 0 Å². The summed E-state index contributed by atoms with van der Waals surface area (Å²) in [7, 11) is 0. The molecule has 94 valence electrons. The minimum absolute atomic E-state index is 0.347. The van der Waals surface area contributed by atoms with E-state index < -0.39 is 0 Å². The molecular formula is C14H18N4. The summed E-state index contributed by atoms with van der Waals surface area (Å²) in [5.74, 6) is 0.767. The molecule has 18 heavy (non-hydrogen) atoms. The van der Waals surface area contributed by atoms with Crippen LogP contribution in [0.3, 0.4) is 0 Å². The van der Waals surface area contributed by atoms with E-state index in [0.29, 0.717) is 6.04 Å². The molecule has 0 radical (unpaired) electrons. The molecule has 4 nitrogen and oxygen atoms in total. The molecule has 4 heteroatoms. The molecule has 0 fully saturated rings. The Balaban J connectivity index is 2.20. The minimum Gasteiger partial charge on any atom is -0.304 e. The van der Waals surface area contributed by atoms with Gasteiger partial charge in [-0.25, -0.2) is 5.43 Å². The van der Waals surface area contributed by atoms with Crippen LogP contribution in [0.4, 0.5) is 5.82 Å². The molecule has 0 amide bonds. The fourth-order valence-corrected chi connectivity index (χ4v) is 1.57. The van der Waals surface area contributed by atoms with Gasteiger partial charge in [0.05, 0.1) is 5.69 Å². The zero-order chi connectivity index (χ0) is 13.0. The maximum absolute atomic E-state index is 4.24. The molecule has 1 heterocycles. The molecule has 0 bridgehead atoms. The lowest BCUT2D eigenvalue weighted by Gasteiger charge is -2.12. The molecular weight excluding hydrogens is 224 g/mol. The predicted octanol–water partition coefficient (Wildman–Crippen LogP) is 2.78. The average Bonchev–Trinajstić information content (AvgIpc) is 2.38. The summed E-state index contributed by atoms with van der Waals surface area (Å²) in [6, 6.07) is 12.4. The van der Waals surface area contributed by atoms with Crippen molar-refractivity contribution in [2.75, 3.05) is 5.43 Å². The van der Waals surface area contributed by atoms with Crippen LogP contribution in [0.1, 0.15) is 19.4 Å². The van der Waals surface area contributed by atoms with Crippen LogP contribution in [-0.2, 0) is 0 Å². The summed E-state index contributed by atoms with van der Waals surface area (Å²) in [5.41, 5.74) is 9.22. The molecule has 0 aliphatic rings. The highest BCUT2D eigenvalue weighted by Crippen LogP contribution is 2.19. The van der Waals surface area contributed by atoms with Gasteiger partial charge in [-0.3, -0.25) is 0 Å². The molecule has 1 aromatic carbocycles. The lowest BCUT2D eigenvalue weighted by atomic mass is 10.1. The second-order valence-electron chi connectivity index (χ2n) is 4.55. The highest BCUT2D eigenvalue weighted by Gasteiger charge is 2.05. The number of aryl methyl sites for hydroxylation is 1. The van der Waals surface area contributed by atoms with Crippen LogP contribution in [0, 0.1) is 6.92 Å². The van der Waals surface area contributed by atoms with E-state index in [1.54, 1.807) is 0 Å². The summed E-state index contributed by atoms with van der Waals surface area (Å²) in [6.45, 7) is 6.15. The number of aromatic nitrogens is 2. The van der Waals surface area contributed by atoms with Gasteiger partial charge in [-0.05, 0) is 32.4 Å². The molecule has 0 unspecified atom stereocenters. The van der Waals surface area contributed by atoms with Crippen molar-refractivity contribution in [3.05, 3.63) is 42.0 Å². The van der Waals surface area contributed by atoms with Crippen molar-refractivity contribution in [1.82, 2.24) is 15.6 Å². The van der Waals surface area contributed by atoms with Crippen molar-refractivity contribution in [2.45, 2.75) is 26.8 Å². The Morgan fingerprint density at radius 1 is 1.06 bits per heavy atom. The highest BCUT2D eigenvalue weighted by atomic mass is 15.4. The van der Waals surface area contributed by atoms with Crippen LogP contribution in [0.15, 0.2) is 36.4 Å². The number of anilines is 1. The van der Waals surface area contributed by atoms with Crippen LogP contribution in [0.25, 0.3) is 11.3 Å². The topological polar surface area (TPSA) is 49.8 Å². The predicted molar refractivity (Wildman–Crippen MR) is 74.1 cm³/mol. The largest absolute Gasteiger partial charge is 0.304 e. The van der Waals surface area contributed by atoms with Gasteiger partial charge < -0.3 is 5.43 Å². The van der Waals surface area contributed by atoms with Crippen LogP contribution in [-0.4, -0.2) is 16.2 Å². The van der Waals surface area contributed by atoms with Gasteiger partial charge in [0.15, 0.2) is 5.82 Å². The molecule has 0 atom stereocenters. The maximum atomic E-state index is 4.24. The zero-order valence-electron chi connectivity index (χ0n) is 10.9. The van der Waals surface area contributed by atoms with E-state index in [1.807, 2.05) is 43.3 Å². The Labute approximate surface area is 107 Å². The Kier molecular flexibility index (Phi) is 3.89. The number of hydrogen-bond donors (Lipinski definition) is 2. The SMILES string of the molecule is Cc1cc(-c2ccccc2)nnc1NNC(C)C. The van der Waals surface area contributed by atoms with Gasteiger partial charge in [0, 0.05) is 11.6 Å². The Morgan fingerprint density at radius 3 is 2.39 bits per heavy atom. The van der Waals surface area contributed by atoms with Crippen LogP contribution in [0.5, 0.6) is 0 Å². The first kappa shape index (κ1) is 12.5. The molecule has 1 aromatic heterocycles. The molecule has 0 saturated carbocycles. The van der Waals surface area contributed by atoms with Crippen LogP contribution in [0.2, 0.25) is 0 Å². The molecule has 0 spiro atoms. The standard InChI is InChI=1S/C14H18N4/c1-10(2)15-17-14-11(3)9-13(16-18-14)12-7-5-4-6-8-12/h4-10,15H,1-3H3,(H,17,18). The number of benzene rings is 1. The van der Waals surface area contributed by atoms with E-state index in [0.717, 1.165) is 22.6 Å². The van der Waals surface area contributed by atoms with Gasteiger partial charge in [-0.1, -0.05) is 30.3 Å². The third-order valence-corrected chi connectivity index (χ3v) is 2.53. The second-order valence-corrected chi connectivity index (χ2v) is 4.55. The van der Waals surface area contributed by atoms with Crippen molar-refractivity contribution in [3.8, 4) is 11.3 Å². The number of nitrogens with one attached hydrogen (secondary N) is 2. The molecule has 0 aliphatic heterocycles. The van der Waals surface area contributed by atoms with E-state index in [2.05, 4.69) is 34.9 Å². The highest BCUT2D eigenvalue weighted by molar-refractivity contribution is 5.61. The van der Waals surface area contributed by atoms with Gasteiger partial charge in [-0.15, -0.1) is 10.2 Å². The lowest BCUT2D eigenvalue weighted by Crippen LogP contribution is -2.29. The fourth-order valence-electron chi connectivity index (χ4n) is 1.57. The zero-order valence-corrected chi connectivity index (χ0v) is 10.9. The van der Waals surface area contributed by atoms with Crippen molar-refractivity contribution in [2.24, 2.45) is 0 Å². The van der Waals surface area contributed by atoms with Crippen LogP contribution < -0.4 is 10.9 Å². The van der Waals surface area contributed by atoms with Gasteiger partial charge in [0.1, 0.15) is 0 Å². The number of rotatable bonds is 4. The third kappa shape index (κ3) is 3.05. The molecule has 0 aliphatic carbocycles. The summed E-state index contributed by atoms with van der Waals surface area (Å²) >= 11 is 0. The maximum Gasteiger partial charge on any atom is 0.165 e.